The Labute approximate surface area is 178 Å². The summed E-state index contributed by atoms with van der Waals surface area (Å²) in [5.74, 6) is 1.43. The Balaban J connectivity index is 1.65. The molecule has 2 atom stereocenters. The van der Waals surface area contributed by atoms with Crippen LogP contribution < -0.4 is 19.9 Å². The van der Waals surface area contributed by atoms with Crippen molar-refractivity contribution in [2.75, 3.05) is 38.2 Å². The number of ether oxygens (including phenoxy) is 1. The SMILES string of the molecule is COc1ccc(N2CC[NH+]([C@H](c3cccs3)[C@@H](C)NC(=O)CC(C)C)CC2)cc1. The van der Waals surface area contributed by atoms with Crippen LogP contribution in [-0.2, 0) is 4.79 Å². The molecular weight excluding hydrogens is 382 g/mol. The van der Waals surface area contributed by atoms with Gasteiger partial charge in [-0.1, -0.05) is 19.9 Å². The average Bonchev–Trinajstić information content (AvgIpc) is 3.22. The Kier molecular flexibility index (Phi) is 7.56. The maximum atomic E-state index is 12.4. The predicted molar refractivity (Wildman–Crippen MR) is 120 cm³/mol. The Bertz CT molecular complexity index is 753. The number of hydrogen-bond donors (Lipinski definition) is 2. The summed E-state index contributed by atoms with van der Waals surface area (Å²) in [5.41, 5.74) is 1.25. The van der Waals surface area contributed by atoms with Gasteiger partial charge in [-0.25, -0.2) is 0 Å². The number of hydrogen-bond acceptors (Lipinski definition) is 4. The van der Waals surface area contributed by atoms with Crippen LogP contribution in [0.15, 0.2) is 41.8 Å². The molecule has 2 N–H and O–H groups in total. The first-order chi connectivity index (χ1) is 14.0. The van der Waals surface area contributed by atoms with Crippen LogP contribution in [0.25, 0.3) is 0 Å². The fourth-order valence-corrected chi connectivity index (χ4v) is 5.18. The summed E-state index contributed by atoms with van der Waals surface area (Å²) in [4.78, 5) is 17.7. The molecule has 0 radical (unpaired) electrons. The van der Waals surface area contributed by atoms with Gasteiger partial charge in [0.1, 0.15) is 11.8 Å². The first kappa shape index (κ1) is 21.7. The van der Waals surface area contributed by atoms with E-state index in [9.17, 15) is 4.79 Å². The first-order valence-electron chi connectivity index (χ1n) is 10.5. The van der Waals surface area contributed by atoms with Crippen molar-refractivity contribution in [1.82, 2.24) is 5.32 Å². The second-order valence-electron chi connectivity index (χ2n) is 8.29. The van der Waals surface area contributed by atoms with Gasteiger partial charge in [0.05, 0.1) is 44.2 Å². The molecule has 1 aliphatic heterocycles. The van der Waals surface area contributed by atoms with Crippen molar-refractivity contribution >= 4 is 22.9 Å². The third-order valence-corrected chi connectivity index (χ3v) is 6.57. The van der Waals surface area contributed by atoms with E-state index in [4.69, 9.17) is 4.74 Å². The number of carbonyl (C=O) groups excluding carboxylic acids is 1. The van der Waals surface area contributed by atoms with E-state index in [0.29, 0.717) is 18.4 Å². The Morgan fingerprint density at radius 2 is 1.86 bits per heavy atom. The van der Waals surface area contributed by atoms with Crippen LogP contribution in [0.1, 0.15) is 38.1 Å². The molecule has 3 rings (SSSR count). The number of nitrogens with zero attached hydrogens (tertiary/aromatic N) is 1. The van der Waals surface area contributed by atoms with Crippen molar-refractivity contribution in [3.8, 4) is 5.75 Å². The molecule has 2 heterocycles. The molecule has 1 aromatic heterocycles. The Morgan fingerprint density at radius 3 is 2.41 bits per heavy atom. The summed E-state index contributed by atoms with van der Waals surface area (Å²) < 4.78 is 5.27. The third-order valence-electron chi connectivity index (χ3n) is 5.62. The molecule has 29 heavy (non-hydrogen) atoms. The van der Waals surface area contributed by atoms with Crippen molar-refractivity contribution in [2.45, 2.75) is 39.3 Å². The van der Waals surface area contributed by atoms with E-state index >= 15 is 0 Å². The van der Waals surface area contributed by atoms with E-state index in [2.05, 4.69) is 60.6 Å². The maximum Gasteiger partial charge on any atom is 0.220 e. The van der Waals surface area contributed by atoms with E-state index in [1.807, 2.05) is 12.1 Å². The van der Waals surface area contributed by atoms with Gasteiger partial charge in [-0.3, -0.25) is 4.79 Å². The van der Waals surface area contributed by atoms with E-state index in [-0.39, 0.29) is 11.9 Å². The summed E-state index contributed by atoms with van der Waals surface area (Å²) in [5, 5.41) is 5.41. The number of rotatable bonds is 8. The number of methoxy groups -OCH3 is 1. The molecular formula is C23H34N3O2S+. The van der Waals surface area contributed by atoms with Crippen LogP contribution in [0.4, 0.5) is 5.69 Å². The first-order valence-corrected chi connectivity index (χ1v) is 11.4. The summed E-state index contributed by atoms with van der Waals surface area (Å²) in [6.45, 7) is 10.5. The van der Waals surface area contributed by atoms with Crippen molar-refractivity contribution in [3.05, 3.63) is 46.7 Å². The fourth-order valence-electron chi connectivity index (χ4n) is 4.19. The average molecular weight is 417 g/mol. The van der Waals surface area contributed by atoms with Gasteiger partial charge >= 0.3 is 0 Å². The highest BCUT2D eigenvalue weighted by atomic mass is 32.1. The standard InChI is InChI=1S/C23H33N3O2S/c1-17(2)16-22(27)24-18(3)23(21-6-5-15-29-21)26-13-11-25(12-14-26)19-7-9-20(28-4)10-8-19/h5-10,15,17-18,23H,11-14,16H2,1-4H3,(H,24,27)/p+1/t18-,23+/m1/s1. The van der Waals surface area contributed by atoms with Gasteiger partial charge in [0, 0.05) is 12.1 Å². The quantitative estimate of drug-likeness (QED) is 0.696. The van der Waals surface area contributed by atoms with Crippen LogP contribution in [-0.4, -0.2) is 45.2 Å². The van der Waals surface area contributed by atoms with Crippen LogP contribution in [0, 0.1) is 5.92 Å². The smallest absolute Gasteiger partial charge is 0.220 e. The lowest BCUT2D eigenvalue weighted by atomic mass is 10.0. The third kappa shape index (κ3) is 5.73. The molecule has 2 aromatic rings. The van der Waals surface area contributed by atoms with Gasteiger partial charge in [0.2, 0.25) is 5.91 Å². The minimum atomic E-state index is 0.113. The van der Waals surface area contributed by atoms with Gasteiger partial charge in [-0.05, 0) is 48.6 Å². The van der Waals surface area contributed by atoms with Crippen molar-refractivity contribution in [2.24, 2.45) is 5.92 Å². The van der Waals surface area contributed by atoms with Crippen LogP contribution in [0.3, 0.4) is 0 Å². The van der Waals surface area contributed by atoms with Gasteiger partial charge in [-0.15, -0.1) is 11.3 Å². The number of carbonyl (C=O) groups is 1. The number of quaternary nitrogens is 1. The molecule has 5 nitrogen and oxygen atoms in total. The van der Waals surface area contributed by atoms with Crippen LogP contribution in [0.5, 0.6) is 5.75 Å². The molecule has 1 aromatic carbocycles. The second kappa shape index (κ2) is 10.1. The van der Waals surface area contributed by atoms with E-state index in [1.165, 1.54) is 10.6 Å². The molecule has 0 aliphatic carbocycles. The molecule has 0 unspecified atom stereocenters. The number of benzene rings is 1. The zero-order valence-electron chi connectivity index (χ0n) is 18.0. The summed E-state index contributed by atoms with van der Waals surface area (Å²) in [6, 6.07) is 13.0. The highest BCUT2D eigenvalue weighted by Gasteiger charge is 2.34. The van der Waals surface area contributed by atoms with Crippen molar-refractivity contribution in [1.29, 1.82) is 0 Å². The molecule has 6 heteroatoms. The largest absolute Gasteiger partial charge is 0.497 e. The molecule has 1 amide bonds. The lowest BCUT2D eigenvalue weighted by Gasteiger charge is -2.39. The van der Waals surface area contributed by atoms with E-state index in [0.717, 1.165) is 31.9 Å². The summed E-state index contributed by atoms with van der Waals surface area (Å²) >= 11 is 1.80. The zero-order valence-corrected chi connectivity index (χ0v) is 18.8. The Morgan fingerprint density at radius 1 is 1.17 bits per heavy atom. The van der Waals surface area contributed by atoms with Gasteiger partial charge in [0.15, 0.2) is 0 Å². The molecule has 1 aliphatic rings. The number of piperazine rings is 1. The predicted octanol–water partition coefficient (Wildman–Crippen LogP) is 2.75. The van der Waals surface area contributed by atoms with Crippen LogP contribution in [0.2, 0.25) is 0 Å². The van der Waals surface area contributed by atoms with E-state index in [1.54, 1.807) is 23.3 Å². The van der Waals surface area contributed by atoms with Gasteiger partial charge < -0.3 is 19.9 Å². The van der Waals surface area contributed by atoms with E-state index < -0.39 is 0 Å². The molecule has 0 spiro atoms. The lowest BCUT2D eigenvalue weighted by Crippen LogP contribution is -3.16. The number of nitrogens with one attached hydrogen (secondary N) is 2. The number of amides is 1. The minimum absolute atomic E-state index is 0.113. The number of thiophene rings is 1. The molecule has 0 bridgehead atoms. The zero-order chi connectivity index (χ0) is 20.8. The fraction of sp³-hybridized carbons (Fsp3) is 0.522. The van der Waals surface area contributed by atoms with Gasteiger partial charge in [-0.2, -0.15) is 0 Å². The lowest BCUT2D eigenvalue weighted by molar-refractivity contribution is -0.933. The molecule has 1 saturated heterocycles. The maximum absolute atomic E-state index is 12.4. The monoisotopic (exact) mass is 416 g/mol. The molecule has 0 saturated carbocycles. The summed E-state index contributed by atoms with van der Waals surface area (Å²) in [7, 11) is 1.70. The highest BCUT2D eigenvalue weighted by molar-refractivity contribution is 7.10. The second-order valence-corrected chi connectivity index (χ2v) is 9.27. The molecule has 1 fully saturated rings. The van der Waals surface area contributed by atoms with Crippen molar-refractivity contribution in [3.63, 3.8) is 0 Å². The number of anilines is 1. The highest BCUT2D eigenvalue weighted by Crippen LogP contribution is 2.22. The summed E-state index contributed by atoms with van der Waals surface area (Å²) in [6.07, 6.45) is 0.585. The van der Waals surface area contributed by atoms with Crippen molar-refractivity contribution < 1.29 is 14.4 Å². The van der Waals surface area contributed by atoms with Gasteiger partial charge in [0.25, 0.3) is 0 Å². The molecule has 158 valence electrons. The normalized spacial score (nSPS) is 17.2. The Hall–Kier alpha value is -2.05. The minimum Gasteiger partial charge on any atom is -0.497 e. The van der Waals surface area contributed by atoms with Crippen LogP contribution >= 0.6 is 11.3 Å². The topological polar surface area (TPSA) is 46.0 Å².